The Bertz CT molecular complexity index is 489. The normalized spacial score (nSPS) is 26.0. The number of nitrogens with two attached hydrogens (primary N) is 1. The number of hydrogen-bond acceptors (Lipinski definition) is 4. The minimum absolute atomic E-state index is 0.190. The van der Waals surface area contributed by atoms with Crippen molar-refractivity contribution in [1.82, 2.24) is 0 Å². The number of carbonyl (C=O) groups is 1. The molecule has 2 fully saturated rings. The lowest BCUT2D eigenvalue weighted by Crippen LogP contribution is -2.51. The molecule has 3 N–H and O–H groups in total. The molecule has 3 rings (SSSR count). The molecule has 1 aromatic carbocycles. The van der Waals surface area contributed by atoms with Crippen LogP contribution in [-0.2, 0) is 9.53 Å². The standard InChI is InChI=1S/C16H22N2O3/c17-16(9-10-20-11-16)15(19)18-12-5-7-14(8-6-12)21-13-3-1-2-4-13/h5-8,13H,1-4,9-11,17H2,(H,18,19). The van der Waals surface area contributed by atoms with E-state index in [0.717, 1.165) is 24.3 Å². The van der Waals surface area contributed by atoms with Gasteiger partial charge in [0.15, 0.2) is 0 Å². The number of nitrogens with one attached hydrogen (secondary N) is 1. The zero-order valence-corrected chi connectivity index (χ0v) is 12.1. The van der Waals surface area contributed by atoms with E-state index in [-0.39, 0.29) is 12.5 Å². The first-order valence-corrected chi connectivity index (χ1v) is 7.60. The average Bonchev–Trinajstić information content (AvgIpc) is 3.13. The van der Waals surface area contributed by atoms with Crippen LogP contribution in [0.5, 0.6) is 5.75 Å². The number of ether oxygens (including phenoxy) is 2. The van der Waals surface area contributed by atoms with E-state index in [1.165, 1.54) is 12.8 Å². The average molecular weight is 290 g/mol. The third-order valence-electron chi connectivity index (χ3n) is 4.22. The van der Waals surface area contributed by atoms with E-state index in [4.69, 9.17) is 15.2 Å². The molecule has 0 radical (unpaired) electrons. The molecule has 0 aromatic heterocycles. The third kappa shape index (κ3) is 3.36. The summed E-state index contributed by atoms with van der Waals surface area (Å²) in [4.78, 5) is 12.2. The molecule has 1 heterocycles. The third-order valence-corrected chi connectivity index (χ3v) is 4.22. The van der Waals surface area contributed by atoms with Gasteiger partial charge in [0, 0.05) is 12.3 Å². The van der Waals surface area contributed by atoms with Crippen molar-refractivity contribution in [3.05, 3.63) is 24.3 Å². The Hall–Kier alpha value is -1.59. The summed E-state index contributed by atoms with van der Waals surface area (Å²) < 4.78 is 11.1. The van der Waals surface area contributed by atoms with Crippen molar-refractivity contribution in [2.75, 3.05) is 18.5 Å². The van der Waals surface area contributed by atoms with Gasteiger partial charge in [-0.25, -0.2) is 0 Å². The first kappa shape index (κ1) is 14.4. The summed E-state index contributed by atoms with van der Waals surface area (Å²) in [6, 6.07) is 7.48. The molecule has 1 aromatic rings. The van der Waals surface area contributed by atoms with Crippen molar-refractivity contribution in [3.63, 3.8) is 0 Å². The van der Waals surface area contributed by atoms with E-state index in [1.54, 1.807) is 0 Å². The molecule has 2 aliphatic rings. The summed E-state index contributed by atoms with van der Waals surface area (Å²) in [7, 11) is 0. The van der Waals surface area contributed by atoms with Gasteiger partial charge in [0.2, 0.25) is 5.91 Å². The first-order valence-electron chi connectivity index (χ1n) is 7.60. The molecular weight excluding hydrogens is 268 g/mol. The maximum atomic E-state index is 12.2. The number of anilines is 1. The van der Waals surface area contributed by atoms with Crippen molar-refractivity contribution in [1.29, 1.82) is 0 Å². The number of carbonyl (C=O) groups excluding carboxylic acids is 1. The fourth-order valence-electron chi connectivity index (χ4n) is 2.83. The number of benzene rings is 1. The van der Waals surface area contributed by atoms with Gasteiger partial charge in [-0.15, -0.1) is 0 Å². The highest BCUT2D eigenvalue weighted by atomic mass is 16.5. The number of rotatable bonds is 4. The van der Waals surface area contributed by atoms with Crippen molar-refractivity contribution in [2.24, 2.45) is 5.73 Å². The van der Waals surface area contributed by atoms with Crippen LogP contribution in [-0.4, -0.2) is 30.8 Å². The fraction of sp³-hybridized carbons (Fsp3) is 0.562. The van der Waals surface area contributed by atoms with Gasteiger partial charge in [-0.05, 0) is 56.4 Å². The zero-order chi connectivity index (χ0) is 14.7. The molecule has 1 aliphatic carbocycles. The summed E-state index contributed by atoms with van der Waals surface area (Å²) in [5.41, 5.74) is 5.86. The van der Waals surface area contributed by atoms with Gasteiger partial charge in [0.1, 0.15) is 11.3 Å². The van der Waals surface area contributed by atoms with Gasteiger partial charge >= 0.3 is 0 Å². The quantitative estimate of drug-likeness (QED) is 0.890. The minimum atomic E-state index is -0.904. The van der Waals surface area contributed by atoms with Gasteiger partial charge in [0.25, 0.3) is 0 Å². The lowest BCUT2D eigenvalue weighted by Gasteiger charge is -2.20. The van der Waals surface area contributed by atoms with Gasteiger partial charge < -0.3 is 20.5 Å². The van der Waals surface area contributed by atoms with Crippen molar-refractivity contribution in [2.45, 2.75) is 43.7 Å². The summed E-state index contributed by atoms with van der Waals surface area (Å²) in [5, 5.41) is 2.85. The Morgan fingerprint density at radius 2 is 2.00 bits per heavy atom. The van der Waals surface area contributed by atoms with E-state index in [1.807, 2.05) is 24.3 Å². The molecule has 114 valence electrons. The summed E-state index contributed by atoms with van der Waals surface area (Å²) in [5.74, 6) is 0.663. The number of amides is 1. The Balaban J connectivity index is 1.57. The molecule has 0 spiro atoms. The molecule has 1 atom stereocenters. The van der Waals surface area contributed by atoms with Crippen molar-refractivity contribution >= 4 is 11.6 Å². The molecule has 0 bridgehead atoms. The predicted octanol–water partition coefficient (Wildman–Crippen LogP) is 2.06. The van der Waals surface area contributed by atoms with Crippen LogP contribution in [0.1, 0.15) is 32.1 Å². The molecule has 5 nitrogen and oxygen atoms in total. The molecule has 1 unspecified atom stereocenters. The highest BCUT2D eigenvalue weighted by Gasteiger charge is 2.38. The van der Waals surface area contributed by atoms with Crippen molar-refractivity contribution < 1.29 is 14.3 Å². The maximum absolute atomic E-state index is 12.2. The monoisotopic (exact) mass is 290 g/mol. The van der Waals surface area contributed by atoms with E-state index in [2.05, 4.69) is 5.32 Å². The Labute approximate surface area is 124 Å². The Morgan fingerprint density at radius 1 is 1.29 bits per heavy atom. The highest BCUT2D eigenvalue weighted by molar-refractivity contribution is 5.98. The maximum Gasteiger partial charge on any atom is 0.246 e. The van der Waals surface area contributed by atoms with E-state index >= 15 is 0 Å². The second-order valence-electron chi connectivity index (χ2n) is 5.96. The molecular formula is C16H22N2O3. The molecule has 21 heavy (non-hydrogen) atoms. The van der Waals surface area contributed by atoms with Gasteiger partial charge in [-0.1, -0.05) is 0 Å². The summed E-state index contributed by atoms with van der Waals surface area (Å²) >= 11 is 0. The highest BCUT2D eigenvalue weighted by Crippen LogP contribution is 2.25. The van der Waals surface area contributed by atoms with Crippen molar-refractivity contribution in [3.8, 4) is 5.75 Å². The van der Waals surface area contributed by atoms with Crippen LogP contribution >= 0.6 is 0 Å². The van der Waals surface area contributed by atoms with Crippen LogP contribution in [0.25, 0.3) is 0 Å². The summed E-state index contributed by atoms with van der Waals surface area (Å²) in [6.45, 7) is 0.819. The fourth-order valence-corrected chi connectivity index (χ4v) is 2.83. The SMILES string of the molecule is NC1(C(=O)Nc2ccc(OC3CCCC3)cc2)CCOC1. The van der Waals surface area contributed by atoms with Crippen LogP contribution in [0, 0.1) is 0 Å². The van der Waals surface area contributed by atoms with Gasteiger partial charge in [0.05, 0.1) is 12.7 Å². The van der Waals surface area contributed by atoms with E-state index in [9.17, 15) is 4.79 Å². The molecule has 5 heteroatoms. The molecule has 1 aliphatic heterocycles. The lowest BCUT2D eigenvalue weighted by molar-refractivity contribution is -0.121. The zero-order valence-electron chi connectivity index (χ0n) is 12.1. The second-order valence-corrected chi connectivity index (χ2v) is 5.96. The minimum Gasteiger partial charge on any atom is -0.490 e. The Morgan fingerprint density at radius 3 is 2.62 bits per heavy atom. The predicted molar refractivity (Wildman–Crippen MR) is 80.3 cm³/mol. The molecule has 1 amide bonds. The molecule has 1 saturated carbocycles. The first-order chi connectivity index (χ1) is 10.2. The molecule has 1 saturated heterocycles. The second kappa shape index (κ2) is 6.03. The van der Waals surface area contributed by atoms with Crippen LogP contribution in [0.4, 0.5) is 5.69 Å². The lowest BCUT2D eigenvalue weighted by atomic mass is 9.99. The largest absolute Gasteiger partial charge is 0.490 e. The number of hydrogen-bond donors (Lipinski definition) is 2. The van der Waals surface area contributed by atoms with Gasteiger partial charge in [-0.2, -0.15) is 0 Å². The van der Waals surface area contributed by atoms with Crippen LogP contribution in [0.2, 0.25) is 0 Å². The topological polar surface area (TPSA) is 73.6 Å². The van der Waals surface area contributed by atoms with Crippen LogP contribution in [0.3, 0.4) is 0 Å². The Kier molecular flexibility index (Phi) is 4.12. The van der Waals surface area contributed by atoms with E-state index < -0.39 is 5.54 Å². The van der Waals surface area contributed by atoms with E-state index in [0.29, 0.717) is 19.1 Å². The smallest absolute Gasteiger partial charge is 0.246 e. The van der Waals surface area contributed by atoms with Gasteiger partial charge in [-0.3, -0.25) is 4.79 Å². The van der Waals surface area contributed by atoms with Crippen LogP contribution in [0.15, 0.2) is 24.3 Å². The van der Waals surface area contributed by atoms with Crippen LogP contribution < -0.4 is 15.8 Å². The summed E-state index contributed by atoms with van der Waals surface area (Å²) in [6.07, 6.45) is 5.66.